The van der Waals surface area contributed by atoms with E-state index in [-0.39, 0.29) is 11.6 Å². The number of aromatic nitrogens is 3. The molecule has 1 N–H and O–H groups in total. The number of carbonyl (C=O) groups is 1. The van der Waals surface area contributed by atoms with E-state index in [1.165, 1.54) is 12.1 Å². The van der Waals surface area contributed by atoms with Crippen LogP contribution in [0.4, 0.5) is 13.2 Å². The number of ether oxygens (including phenoxy) is 1. The van der Waals surface area contributed by atoms with Gasteiger partial charge in [-0.2, -0.15) is 5.10 Å². The van der Waals surface area contributed by atoms with E-state index in [1.54, 1.807) is 0 Å². The Morgan fingerprint density at radius 2 is 2.15 bits per heavy atom. The SMILES string of the molecule is O=C(O)[C@H]1CCCc2nn(Cc3ccc(OC(F)(F)F)c(Cl)c3)c(=O)n21. The smallest absolute Gasteiger partial charge is 0.480 e. The van der Waals surface area contributed by atoms with Gasteiger partial charge in [-0.3, -0.25) is 4.57 Å². The zero-order valence-corrected chi connectivity index (χ0v) is 13.9. The van der Waals surface area contributed by atoms with Gasteiger partial charge in [-0.25, -0.2) is 14.3 Å². The summed E-state index contributed by atoms with van der Waals surface area (Å²) in [5.74, 6) is -1.29. The second-order valence-electron chi connectivity index (χ2n) is 5.79. The monoisotopic (exact) mass is 391 g/mol. The lowest BCUT2D eigenvalue weighted by molar-refractivity contribution is -0.274. The van der Waals surface area contributed by atoms with Crippen LogP contribution in [-0.2, 0) is 17.8 Å². The van der Waals surface area contributed by atoms with Gasteiger partial charge in [-0.05, 0) is 30.5 Å². The van der Waals surface area contributed by atoms with Crippen molar-refractivity contribution in [1.29, 1.82) is 0 Å². The Balaban J connectivity index is 1.88. The lowest BCUT2D eigenvalue weighted by Crippen LogP contribution is -2.34. The number of aliphatic carboxylic acids is 1. The van der Waals surface area contributed by atoms with Gasteiger partial charge in [0.05, 0.1) is 11.6 Å². The minimum atomic E-state index is -4.86. The second-order valence-corrected chi connectivity index (χ2v) is 6.19. The molecule has 1 aromatic heterocycles. The van der Waals surface area contributed by atoms with Gasteiger partial charge in [-0.15, -0.1) is 13.2 Å². The van der Waals surface area contributed by atoms with Crippen molar-refractivity contribution in [2.75, 3.05) is 0 Å². The van der Waals surface area contributed by atoms with Crippen molar-refractivity contribution in [3.63, 3.8) is 0 Å². The Bertz CT molecular complexity index is 907. The van der Waals surface area contributed by atoms with E-state index >= 15 is 0 Å². The average molecular weight is 392 g/mol. The third-order valence-electron chi connectivity index (χ3n) is 3.97. The molecule has 0 aliphatic carbocycles. The van der Waals surface area contributed by atoms with Gasteiger partial charge < -0.3 is 9.84 Å². The first kappa shape index (κ1) is 18.3. The fourth-order valence-corrected chi connectivity index (χ4v) is 3.13. The number of hydrogen-bond acceptors (Lipinski definition) is 4. The first-order valence-corrected chi connectivity index (χ1v) is 7.98. The summed E-state index contributed by atoms with van der Waals surface area (Å²) in [4.78, 5) is 23.8. The molecule has 140 valence electrons. The van der Waals surface area contributed by atoms with Gasteiger partial charge in [0.15, 0.2) is 0 Å². The lowest BCUT2D eigenvalue weighted by Gasteiger charge is -2.19. The molecule has 0 radical (unpaired) electrons. The third kappa shape index (κ3) is 3.69. The van der Waals surface area contributed by atoms with Crippen LogP contribution >= 0.6 is 11.6 Å². The van der Waals surface area contributed by atoms with Crippen molar-refractivity contribution in [3.05, 3.63) is 45.1 Å². The molecule has 0 saturated heterocycles. The number of rotatable bonds is 4. The number of aryl methyl sites for hydroxylation is 1. The molecule has 2 aromatic rings. The van der Waals surface area contributed by atoms with Crippen molar-refractivity contribution < 1.29 is 27.8 Å². The highest BCUT2D eigenvalue weighted by Crippen LogP contribution is 2.31. The number of benzene rings is 1. The number of carboxylic acids is 1. The summed E-state index contributed by atoms with van der Waals surface area (Å²) in [6.45, 7) is -0.0583. The van der Waals surface area contributed by atoms with Gasteiger partial charge in [0, 0.05) is 6.42 Å². The second kappa shape index (κ2) is 6.67. The fourth-order valence-electron chi connectivity index (χ4n) is 2.89. The minimum absolute atomic E-state index is 0.0583. The molecule has 0 amide bonds. The van der Waals surface area contributed by atoms with Gasteiger partial charge in [0.2, 0.25) is 0 Å². The summed E-state index contributed by atoms with van der Waals surface area (Å²) >= 11 is 5.79. The summed E-state index contributed by atoms with van der Waals surface area (Å²) in [5, 5.41) is 13.1. The fraction of sp³-hybridized carbons (Fsp3) is 0.400. The Morgan fingerprint density at radius 1 is 1.42 bits per heavy atom. The summed E-state index contributed by atoms with van der Waals surface area (Å²) in [5.41, 5.74) is -0.159. The Hall–Kier alpha value is -2.49. The predicted molar refractivity (Wildman–Crippen MR) is 83.3 cm³/mol. The van der Waals surface area contributed by atoms with Crippen LogP contribution in [0, 0.1) is 0 Å². The van der Waals surface area contributed by atoms with E-state index in [2.05, 4.69) is 9.84 Å². The predicted octanol–water partition coefficient (Wildman–Crippen LogP) is 2.61. The van der Waals surface area contributed by atoms with Crippen LogP contribution in [0.3, 0.4) is 0 Å². The maximum atomic E-state index is 12.5. The van der Waals surface area contributed by atoms with E-state index in [9.17, 15) is 27.9 Å². The molecule has 2 heterocycles. The molecule has 3 rings (SSSR count). The average Bonchev–Trinajstić information content (AvgIpc) is 2.85. The van der Waals surface area contributed by atoms with Crippen molar-refractivity contribution >= 4 is 17.6 Å². The zero-order valence-electron chi connectivity index (χ0n) is 13.2. The highest BCUT2D eigenvalue weighted by Gasteiger charge is 2.32. The van der Waals surface area contributed by atoms with E-state index < -0.39 is 29.8 Å². The van der Waals surface area contributed by atoms with Gasteiger partial charge in [0.1, 0.15) is 17.6 Å². The molecule has 1 atom stereocenters. The summed E-state index contributed by atoms with van der Waals surface area (Å²) in [6.07, 6.45) is -3.45. The molecular weight excluding hydrogens is 379 g/mol. The van der Waals surface area contributed by atoms with E-state index in [1.807, 2.05) is 0 Å². The molecule has 0 spiro atoms. The molecule has 7 nitrogen and oxygen atoms in total. The summed E-state index contributed by atoms with van der Waals surface area (Å²) in [7, 11) is 0. The van der Waals surface area contributed by atoms with E-state index in [0.29, 0.717) is 30.7 Å². The summed E-state index contributed by atoms with van der Waals surface area (Å²) < 4.78 is 42.8. The van der Waals surface area contributed by atoms with Crippen LogP contribution in [0.25, 0.3) is 0 Å². The van der Waals surface area contributed by atoms with Crippen LogP contribution in [-0.4, -0.2) is 31.8 Å². The summed E-state index contributed by atoms with van der Waals surface area (Å²) in [6, 6.07) is 2.65. The standard InChI is InChI=1S/C15H13ClF3N3O4/c16-9-6-8(4-5-11(9)26-15(17,18)19)7-21-14(25)22-10(13(23)24)2-1-3-12(22)20-21/h4-6,10H,1-3,7H2,(H,23,24)/t10-/m1/s1. The van der Waals surface area contributed by atoms with Crippen molar-refractivity contribution in [3.8, 4) is 5.75 Å². The highest BCUT2D eigenvalue weighted by atomic mass is 35.5. The number of hydrogen-bond donors (Lipinski definition) is 1. The van der Waals surface area contributed by atoms with Crippen molar-refractivity contribution in [1.82, 2.24) is 14.3 Å². The molecule has 1 aliphatic rings. The van der Waals surface area contributed by atoms with Gasteiger partial charge >= 0.3 is 18.0 Å². The van der Waals surface area contributed by atoms with Crippen LogP contribution < -0.4 is 10.4 Å². The topological polar surface area (TPSA) is 86.3 Å². The molecule has 1 aromatic carbocycles. The number of fused-ring (bicyclic) bond motifs is 1. The molecule has 1 aliphatic heterocycles. The molecule has 0 fully saturated rings. The Labute approximate surface area is 149 Å². The quantitative estimate of drug-likeness (QED) is 0.865. The molecular formula is C15H13ClF3N3O4. The molecule has 0 unspecified atom stereocenters. The maximum absolute atomic E-state index is 12.5. The largest absolute Gasteiger partial charge is 0.573 e. The third-order valence-corrected chi connectivity index (χ3v) is 4.27. The van der Waals surface area contributed by atoms with Crippen molar-refractivity contribution in [2.45, 2.75) is 38.2 Å². The maximum Gasteiger partial charge on any atom is 0.573 e. The van der Waals surface area contributed by atoms with Crippen LogP contribution in [0.1, 0.15) is 30.3 Å². The number of carboxylic acid groups (broad SMARTS) is 1. The normalized spacial score (nSPS) is 17.0. The number of halogens is 4. The molecule has 0 saturated carbocycles. The van der Waals surface area contributed by atoms with Crippen molar-refractivity contribution in [2.24, 2.45) is 0 Å². The Morgan fingerprint density at radius 3 is 2.77 bits per heavy atom. The number of alkyl halides is 3. The number of nitrogens with zero attached hydrogens (tertiary/aromatic N) is 3. The molecule has 26 heavy (non-hydrogen) atoms. The van der Waals surface area contributed by atoms with Crippen LogP contribution in [0.2, 0.25) is 5.02 Å². The lowest BCUT2D eigenvalue weighted by atomic mass is 10.1. The van der Waals surface area contributed by atoms with E-state index in [0.717, 1.165) is 15.3 Å². The van der Waals surface area contributed by atoms with Gasteiger partial charge in [0.25, 0.3) is 0 Å². The first-order valence-electron chi connectivity index (χ1n) is 7.61. The first-order chi connectivity index (χ1) is 12.2. The zero-order chi connectivity index (χ0) is 19.1. The van der Waals surface area contributed by atoms with Crippen LogP contribution in [0.15, 0.2) is 23.0 Å². The Kier molecular flexibility index (Phi) is 4.70. The van der Waals surface area contributed by atoms with Gasteiger partial charge in [-0.1, -0.05) is 17.7 Å². The van der Waals surface area contributed by atoms with E-state index in [4.69, 9.17) is 11.6 Å². The molecule has 0 bridgehead atoms. The molecule has 11 heteroatoms. The van der Waals surface area contributed by atoms with Crippen LogP contribution in [0.5, 0.6) is 5.75 Å². The highest BCUT2D eigenvalue weighted by molar-refractivity contribution is 6.32. The minimum Gasteiger partial charge on any atom is -0.480 e.